The molecule has 1 aliphatic heterocycles. The van der Waals surface area contributed by atoms with Crippen molar-refractivity contribution in [2.24, 2.45) is 0 Å². The highest BCUT2D eigenvalue weighted by molar-refractivity contribution is 7.89. The van der Waals surface area contributed by atoms with E-state index in [1.54, 1.807) is 0 Å². The van der Waals surface area contributed by atoms with E-state index < -0.39 is 15.8 Å². The van der Waals surface area contributed by atoms with Gasteiger partial charge in [0, 0.05) is 31.9 Å². The van der Waals surface area contributed by atoms with E-state index in [1.165, 1.54) is 28.6 Å². The van der Waals surface area contributed by atoms with Crippen LogP contribution >= 0.6 is 0 Å². The third-order valence-corrected chi connectivity index (χ3v) is 6.27. The van der Waals surface area contributed by atoms with Gasteiger partial charge in [0.15, 0.2) is 0 Å². The van der Waals surface area contributed by atoms with Gasteiger partial charge in [-0.3, -0.25) is 4.90 Å². The minimum atomic E-state index is -3.59. The average Bonchev–Trinajstić information content (AvgIpc) is 2.81. The zero-order chi connectivity index (χ0) is 17.9. The van der Waals surface area contributed by atoms with E-state index in [4.69, 9.17) is 5.73 Å². The Labute approximate surface area is 147 Å². The van der Waals surface area contributed by atoms with E-state index in [0.29, 0.717) is 19.6 Å². The van der Waals surface area contributed by atoms with Crippen LogP contribution in [0.2, 0.25) is 0 Å². The number of nitrogen functional groups attached to an aromatic ring is 1. The van der Waals surface area contributed by atoms with Gasteiger partial charge < -0.3 is 5.73 Å². The average molecular weight is 363 g/mol. The molecule has 0 atom stereocenters. The van der Waals surface area contributed by atoms with Crippen molar-refractivity contribution < 1.29 is 12.8 Å². The highest BCUT2D eigenvalue weighted by Gasteiger charge is 2.26. The predicted molar refractivity (Wildman–Crippen MR) is 95.9 cm³/mol. The summed E-state index contributed by atoms with van der Waals surface area (Å²) in [6.07, 6.45) is 0.753. The highest BCUT2D eigenvalue weighted by atomic mass is 32.2. The van der Waals surface area contributed by atoms with E-state index in [-0.39, 0.29) is 4.90 Å². The molecule has 25 heavy (non-hydrogen) atoms. The SMILES string of the molecule is Nc1cccc(CN2CCCN(S(=O)(=O)c3ccc(F)cc3)CC2)c1. The normalized spacial score (nSPS) is 17.3. The van der Waals surface area contributed by atoms with Crippen molar-refractivity contribution >= 4 is 15.7 Å². The maximum Gasteiger partial charge on any atom is 0.243 e. The summed E-state index contributed by atoms with van der Waals surface area (Å²) in [4.78, 5) is 2.37. The molecule has 0 bridgehead atoms. The highest BCUT2D eigenvalue weighted by Crippen LogP contribution is 2.19. The van der Waals surface area contributed by atoms with E-state index in [2.05, 4.69) is 4.90 Å². The number of sulfonamides is 1. The standard InChI is InChI=1S/C18H22FN3O2S/c19-16-5-7-18(8-6-16)25(23,24)22-10-2-9-21(11-12-22)14-15-3-1-4-17(20)13-15/h1,3-8,13H,2,9-12,14,20H2. The Morgan fingerprint density at radius 3 is 2.48 bits per heavy atom. The van der Waals surface area contributed by atoms with Crippen LogP contribution in [0.4, 0.5) is 10.1 Å². The van der Waals surface area contributed by atoms with Crippen LogP contribution in [0.1, 0.15) is 12.0 Å². The summed E-state index contributed by atoms with van der Waals surface area (Å²) >= 11 is 0. The Kier molecular flexibility index (Phi) is 5.36. The molecule has 0 radical (unpaired) electrons. The summed E-state index contributed by atoms with van der Waals surface area (Å²) < 4.78 is 40.0. The molecule has 1 saturated heterocycles. The maximum atomic E-state index is 13.0. The molecule has 3 rings (SSSR count). The van der Waals surface area contributed by atoms with Crippen LogP contribution in [0.25, 0.3) is 0 Å². The molecule has 2 aromatic carbocycles. The number of rotatable bonds is 4. The summed E-state index contributed by atoms with van der Waals surface area (Å²) in [5.74, 6) is -0.442. The third-order valence-electron chi connectivity index (χ3n) is 4.36. The smallest absolute Gasteiger partial charge is 0.243 e. The first-order valence-corrected chi connectivity index (χ1v) is 9.72. The molecule has 2 N–H and O–H groups in total. The fourth-order valence-electron chi connectivity index (χ4n) is 3.05. The van der Waals surface area contributed by atoms with Gasteiger partial charge in [-0.1, -0.05) is 12.1 Å². The molecule has 0 saturated carbocycles. The first-order valence-electron chi connectivity index (χ1n) is 8.28. The lowest BCUT2D eigenvalue weighted by Crippen LogP contribution is -2.35. The van der Waals surface area contributed by atoms with Gasteiger partial charge in [0.25, 0.3) is 0 Å². The van der Waals surface area contributed by atoms with Gasteiger partial charge in [-0.15, -0.1) is 0 Å². The topological polar surface area (TPSA) is 66.6 Å². The number of nitrogens with two attached hydrogens (primary N) is 1. The van der Waals surface area contributed by atoms with E-state index in [1.807, 2.05) is 24.3 Å². The number of anilines is 1. The van der Waals surface area contributed by atoms with Crippen molar-refractivity contribution in [1.29, 1.82) is 0 Å². The summed E-state index contributed by atoms with van der Waals surface area (Å²) in [6.45, 7) is 3.10. The Bertz CT molecular complexity index is 824. The fourth-order valence-corrected chi connectivity index (χ4v) is 4.52. The van der Waals surface area contributed by atoms with Gasteiger partial charge in [0.05, 0.1) is 4.90 Å². The molecule has 0 spiro atoms. The lowest BCUT2D eigenvalue weighted by molar-refractivity contribution is 0.278. The Balaban J connectivity index is 1.67. The second kappa shape index (κ2) is 7.51. The van der Waals surface area contributed by atoms with Gasteiger partial charge in [-0.25, -0.2) is 12.8 Å². The van der Waals surface area contributed by atoms with Crippen molar-refractivity contribution in [3.63, 3.8) is 0 Å². The Hall–Kier alpha value is -1.96. The molecule has 5 nitrogen and oxygen atoms in total. The van der Waals surface area contributed by atoms with Crippen LogP contribution in [0.15, 0.2) is 53.4 Å². The van der Waals surface area contributed by atoms with Crippen molar-refractivity contribution in [1.82, 2.24) is 9.21 Å². The van der Waals surface area contributed by atoms with Gasteiger partial charge in [0.1, 0.15) is 5.82 Å². The molecule has 0 amide bonds. The molecule has 0 aliphatic carbocycles. The van der Waals surface area contributed by atoms with Crippen LogP contribution in [-0.2, 0) is 16.6 Å². The van der Waals surface area contributed by atoms with Crippen LogP contribution in [0, 0.1) is 5.82 Å². The maximum absolute atomic E-state index is 13.0. The number of benzene rings is 2. The van der Waals surface area contributed by atoms with Crippen molar-refractivity contribution in [3.8, 4) is 0 Å². The van der Waals surface area contributed by atoms with E-state index in [9.17, 15) is 12.8 Å². The number of hydrogen-bond donors (Lipinski definition) is 1. The van der Waals surface area contributed by atoms with Crippen LogP contribution in [0.5, 0.6) is 0 Å². The van der Waals surface area contributed by atoms with Crippen LogP contribution in [-0.4, -0.2) is 43.8 Å². The second-order valence-electron chi connectivity index (χ2n) is 6.23. The van der Waals surface area contributed by atoms with Crippen LogP contribution < -0.4 is 5.73 Å². The van der Waals surface area contributed by atoms with Crippen LogP contribution in [0.3, 0.4) is 0 Å². The van der Waals surface area contributed by atoms with Crippen molar-refractivity contribution in [2.45, 2.75) is 17.9 Å². The monoisotopic (exact) mass is 363 g/mol. The molecular weight excluding hydrogens is 341 g/mol. The molecule has 1 heterocycles. The molecular formula is C18H22FN3O2S. The lowest BCUT2D eigenvalue weighted by atomic mass is 10.2. The minimum absolute atomic E-state index is 0.137. The zero-order valence-corrected chi connectivity index (χ0v) is 14.8. The Morgan fingerprint density at radius 2 is 1.76 bits per heavy atom. The summed E-state index contributed by atoms with van der Waals surface area (Å²) in [5, 5.41) is 0. The van der Waals surface area contributed by atoms with E-state index in [0.717, 1.165) is 30.8 Å². The van der Waals surface area contributed by atoms with Crippen molar-refractivity contribution in [2.75, 3.05) is 31.9 Å². The number of halogens is 1. The molecule has 1 aliphatic rings. The van der Waals surface area contributed by atoms with Gasteiger partial charge in [-0.05, 0) is 54.9 Å². The number of nitrogens with zero attached hydrogens (tertiary/aromatic N) is 2. The summed E-state index contributed by atoms with van der Waals surface area (Å²) in [5.41, 5.74) is 7.67. The van der Waals surface area contributed by atoms with Gasteiger partial charge in [-0.2, -0.15) is 4.31 Å². The third kappa shape index (κ3) is 4.36. The summed E-state index contributed by atoms with van der Waals surface area (Å²) in [6, 6.07) is 12.7. The molecule has 1 fully saturated rings. The molecule has 0 aromatic heterocycles. The predicted octanol–water partition coefficient (Wildman–Crippen LogP) is 2.30. The van der Waals surface area contributed by atoms with Gasteiger partial charge >= 0.3 is 0 Å². The first kappa shape index (κ1) is 17.8. The largest absolute Gasteiger partial charge is 0.399 e. The molecule has 0 unspecified atom stereocenters. The molecule has 134 valence electrons. The first-order chi connectivity index (χ1) is 11.9. The molecule has 2 aromatic rings. The zero-order valence-electron chi connectivity index (χ0n) is 13.9. The molecule has 7 heteroatoms. The number of hydrogen-bond acceptors (Lipinski definition) is 4. The Morgan fingerprint density at radius 1 is 1.00 bits per heavy atom. The quantitative estimate of drug-likeness (QED) is 0.847. The summed E-state index contributed by atoms with van der Waals surface area (Å²) in [7, 11) is -3.59. The minimum Gasteiger partial charge on any atom is -0.399 e. The van der Waals surface area contributed by atoms with Gasteiger partial charge in [0.2, 0.25) is 10.0 Å². The second-order valence-corrected chi connectivity index (χ2v) is 8.17. The van der Waals surface area contributed by atoms with Crippen molar-refractivity contribution in [3.05, 3.63) is 59.9 Å². The van der Waals surface area contributed by atoms with E-state index >= 15 is 0 Å². The lowest BCUT2D eigenvalue weighted by Gasteiger charge is -2.22. The fraction of sp³-hybridized carbons (Fsp3) is 0.333.